The first-order valence-corrected chi connectivity index (χ1v) is 8.78. The first kappa shape index (κ1) is 16.3. The smallest absolute Gasteiger partial charge is 0.0471 e. The Bertz CT molecular complexity index is 296. The number of rotatable bonds is 8. The van der Waals surface area contributed by atoms with E-state index in [-0.39, 0.29) is 5.54 Å². The molecule has 3 unspecified atom stereocenters. The SMILES string of the molecule is CCCCOCCC1(CNC(C)(C)C)CC2CCC1C2. The summed E-state index contributed by atoms with van der Waals surface area (Å²) < 4.78 is 5.87. The van der Waals surface area contributed by atoms with E-state index in [0.29, 0.717) is 5.41 Å². The highest BCUT2D eigenvalue weighted by molar-refractivity contribution is 5.02. The fourth-order valence-electron chi connectivity index (χ4n) is 4.23. The van der Waals surface area contributed by atoms with Crippen LogP contribution in [0.15, 0.2) is 0 Å². The summed E-state index contributed by atoms with van der Waals surface area (Å²) >= 11 is 0. The molecule has 0 saturated heterocycles. The molecule has 118 valence electrons. The Kier molecular flexibility index (Phi) is 5.53. The Morgan fingerprint density at radius 3 is 2.55 bits per heavy atom. The molecule has 0 radical (unpaired) electrons. The van der Waals surface area contributed by atoms with Gasteiger partial charge in [0.25, 0.3) is 0 Å². The molecule has 2 nitrogen and oxygen atoms in total. The molecule has 2 bridgehead atoms. The average molecular weight is 281 g/mol. The standard InChI is InChI=1S/C18H35NO/c1-5-6-10-20-11-9-18(14-19-17(2,3)4)13-15-7-8-16(18)12-15/h15-16,19H,5-14H2,1-4H3. The van der Waals surface area contributed by atoms with Gasteiger partial charge in [0.2, 0.25) is 0 Å². The van der Waals surface area contributed by atoms with Crippen LogP contribution in [0.2, 0.25) is 0 Å². The molecule has 0 aromatic carbocycles. The van der Waals surface area contributed by atoms with Gasteiger partial charge in [0, 0.05) is 25.3 Å². The topological polar surface area (TPSA) is 21.3 Å². The van der Waals surface area contributed by atoms with Gasteiger partial charge >= 0.3 is 0 Å². The largest absolute Gasteiger partial charge is 0.381 e. The van der Waals surface area contributed by atoms with Crippen molar-refractivity contribution in [1.29, 1.82) is 0 Å². The quantitative estimate of drug-likeness (QED) is 0.666. The average Bonchev–Trinajstić information content (AvgIpc) is 2.96. The summed E-state index contributed by atoms with van der Waals surface area (Å²) in [4.78, 5) is 0. The summed E-state index contributed by atoms with van der Waals surface area (Å²) in [5, 5.41) is 3.79. The van der Waals surface area contributed by atoms with Gasteiger partial charge in [-0.25, -0.2) is 0 Å². The van der Waals surface area contributed by atoms with Crippen molar-refractivity contribution in [3.05, 3.63) is 0 Å². The minimum absolute atomic E-state index is 0.234. The van der Waals surface area contributed by atoms with Crippen LogP contribution < -0.4 is 5.32 Å². The fourth-order valence-corrected chi connectivity index (χ4v) is 4.23. The van der Waals surface area contributed by atoms with Gasteiger partial charge in [-0.2, -0.15) is 0 Å². The second kappa shape index (κ2) is 6.79. The van der Waals surface area contributed by atoms with Gasteiger partial charge in [-0.15, -0.1) is 0 Å². The molecule has 0 heterocycles. The minimum atomic E-state index is 0.234. The van der Waals surface area contributed by atoms with E-state index < -0.39 is 0 Å². The third kappa shape index (κ3) is 4.21. The van der Waals surface area contributed by atoms with E-state index in [4.69, 9.17) is 4.74 Å². The zero-order chi connectivity index (χ0) is 14.6. The normalized spacial score (nSPS) is 33.0. The fraction of sp³-hybridized carbons (Fsp3) is 1.00. The monoisotopic (exact) mass is 281 g/mol. The van der Waals surface area contributed by atoms with Crippen molar-refractivity contribution in [2.45, 2.75) is 78.2 Å². The predicted octanol–water partition coefficient (Wildman–Crippen LogP) is 4.39. The molecule has 3 atom stereocenters. The van der Waals surface area contributed by atoms with E-state index >= 15 is 0 Å². The molecule has 20 heavy (non-hydrogen) atoms. The van der Waals surface area contributed by atoms with E-state index in [2.05, 4.69) is 33.0 Å². The number of hydrogen-bond acceptors (Lipinski definition) is 2. The van der Waals surface area contributed by atoms with Gasteiger partial charge in [0.15, 0.2) is 0 Å². The van der Waals surface area contributed by atoms with E-state index in [1.165, 1.54) is 51.5 Å². The van der Waals surface area contributed by atoms with Crippen LogP contribution in [0.5, 0.6) is 0 Å². The van der Waals surface area contributed by atoms with Gasteiger partial charge in [-0.05, 0) is 70.1 Å². The van der Waals surface area contributed by atoms with Crippen LogP contribution in [0.3, 0.4) is 0 Å². The Hall–Kier alpha value is -0.0800. The van der Waals surface area contributed by atoms with Gasteiger partial charge in [0.05, 0.1) is 0 Å². The molecular weight excluding hydrogens is 246 g/mol. The number of ether oxygens (including phenoxy) is 1. The molecule has 2 aliphatic rings. The second-order valence-electron chi connectivity index (χ2n) is 8.26. The van der Waals surface area contributed by atoms with Gasteiger partial charge < -0.3 is 10.1 Å². The molecule has 1 N–H and O–H groups in total. The van der Waals surface area contributed by atoms with Crippen LogP contribution in [0.25, 0.3) is 0 Å². The second-order valence-corrected chi connectivity index (χ2v) is 8.26. The Balaban J connectivity index is 1.85. The maximum Gasteiger partial charge on any atom is 0.0471 e. The Labute approximate surface area is 126 Å². The van der Waals surface area contributed by atoms with Crippen LogP contribution in [0.4, 0.5) is 0 Å². The van der Waals surface area contributed by atoms with E-state index in [1.54, 1.807) is 0 Å². The first-order valence-electron chi connectivity index (χ1n) is 8.78. The lowest BCUT2D eigenvalue weighted by molar-refractivity contribution is 0.0576. The zero-order valence-corrected chi connectivity index (χ0v) is 14.1. The van der Waals surface area contributed by atoms with E-state index in [9.17, 15) is 0 Å². The summed E-state index contributed by atoms with van der Waals surface area (Å²) in [7, 11) is 0. The minimum Gasteiger partial charge on any atom is -0.381 e. The maximum atomic E-state index is 5.87. The Morgan fingerprint density at radius 2 is 2.00 bits per heavy atom. The molecule has 0 aromatic heterocycles. The van der Waals surface area contributed by atoms with Crippen LogP contribution in [0.1, 0.15) is 72.6 Å². The summed E-state index contributed by atoms with van der Waals surface area (Å²) in [6.45, 7) is 12.2. The number of unbranched alkanes of at least 4 members (excludes halogenated alkanes) is 1. The van der Waals surface area contributed by atoms with E-state index in [1.807, 2.05) is 0 Å². The molecule has 2 rings (SSSR count). The van der Waals surface area contributed by atoms with Crippen molar-refractivity contribution >= 4 is 0 Å². The summed E-state index contributed by atoms with van der Waals surface area (Å²) in [5.74, 6) is 1.97. The van der Waals surface area contributed by atoms with Crippen molar-refractivity contribution in [2.75, 3.05) is 19.8 Å². The number of fused-ring (bicyclic) bond motifs is 2. The van der Waals surface area contributed by atoms with Crippen LogP contribution in [-0.2, 0) is 4.74 Å². The van der Waals surface area contributed by atoms with Crippen LogP contribution in [0, 0.1) is 17.3 Å². The summed E-state index contributed by atoms with van der Waals surface area (Å²) in [5.41, 5.74) is 0.764. The summed E-state index contributed by atoms with van der Waals surface area (Å²) in [6, 6.07) is 0. The molecule has 2 heteroatoms. The lowest BCUT2D eigenvalue weighted by Gasteiger charge is -2.40. The third-order valence-corrected chi connectivity index (χ3v) is 5.46. The van der Waals surface area contributed by atoms with Crippen molar-refractivity contribution in [1.82, 2.24) is 5.32 Å². The van der Waals surface area contributed by atoms with Crippen molar-refractivity contribution in [2.24, 2.45) is 17.3 Å². The van der Waals surface area contributed by atoms with Gasteiger partial charge in [-0.1, -0.05) is 19.8 Å². The molecule has 2 saturated carbocycles. The lowest BCUT2D eigenvalue weighted by Crippen LogP contribution is -2.46. The molecule has 0 aromatic rings. The zero-order valence-electron chi connectivity index (χ0n) is 14.1. The molecular formula is C18H35NO. The molecule has 0 amide bonds. The van der Waals surface area contributed by atoms with Crippen molar-refractivity contribution < 1.29 is 4.74 Å². The van der Waals surface area contributed by atoms with Crippen LogP contribution >= 0.6 is 0 Å². The Morgan fingerprint density at radius 1 is 1.20 bits per heavy atom. The molecule has 2 aliphatic carbocycles. The molecule has 0 spiro atoms. The first-order chi connectivity index (χ1) is 9.45. The highest BCUT2D eigenvalue weighted by atomic mass is 16.5. The third-order valence-electron chi connectivity index (χ3n) is 5.46. The highest BCUT2D eigenvalue weighted by Gasteiger charge is 2.50. The van der Waals surface area contributed by atoms with Crippen molar-refractivity contribution in [3.63, 3.8) is 0 Å². The van der Waals surface area contributed by atoms with Crippen LogP contribution in [-0.4, -0.2) is 25.3 Å². The van der Waals surface area contributed by atoms with Crippen molar-refractivity contribution in [3.8, 4) is 0 Å². The lowest BCUT2D eigenvalue weighted by atomic mass is 9.70. The number of hydrogen-bond donors (Lipinski definition) is 1. The van der Waals surface area contributed by atoms with Gasteiger partial charge in [0.1, 0.15) is 0 Å². The van der Waals surface area contributed by atoms with Gasteiger partial charge in [-0.3, -0.25) is 0 Å². The highest BCUT2D eigenvalue weighted by Crippen LogP contribution is 2.57. The predicted molar refractivity (Wildman–Crippen MR) is 86.0 cm³/mol. The molecule has 2 fully saturated rings. The maximum absolute atomic E-state index is 5.87. The molecule has 0 aliphatic heterocycles. The summed E-state index contributed by atoms with van der Waals surface area (Å²) in [6.07, 6.45) is 9.59. The van der Waals surface area contributed by atoms with E-state index in [0.717, 1.165) is 25.0 Å². The number of nitrogens with one attached hydrogen (secondary N) is 1.